The molecule has 0 unspecified atom stereocenters. The lowest BCUT2D eigenvalue weighted by Crippen LogP contribution is -2.51. The number of anilines is 4. The minimum Gasteiger partial charge on any atom is -0.444 e. The predicted octanol–water partition coefficient (Wildman–Crippen LogP) is 5.78. The van der Waals surface area contributed by atoms with Crippen LogP contribution in [-0.4, -0.2) is 79.0 Å². The lowest BCUT2D eigenvalue weighted by Gasteiger charge is -2.39. The first-order chi connectivity index (χ1) is 24.5. The molecule has 4 aromatic rings. The van der Waals surface area contributed by atoms with Gasteiger partial charge in [0.05, 0.1) is 28.8 Å². The number of rotatable bonds is 8. The predicted molar refractivity (Wildman–Crippen MR) is 198 cm³/mol. The molecule has 13 nitrogen and oxygen atoms in total. The van der Waals surface area contributed by atoms with Gasteiger partial charge in [-0.3, -0.25) is 15.1 Å². The van der Waals surface area contributed by atoms with E-state index in [-0.39, 0.29) is 29.9 Å². The third-order valence-corrected chi connectivity index (χ3v) is 8.72. The summed E-state index contributed by atoms with van der Waals surface area (Å²) in [5.41, 5.74) is 3.32. The maximum atomic E-state index is 14.2. The molecule has 0 saturated carbocycles. The topological polar surface area (TPSA) is 150 Å². The maximum Gasteiger partial charge on any atom is 0.412 e. The largest absolute Gasteiger partial charge is 0.444 e. The second-order valence-corrected chi connectivity index (χ2v) is 14.1. The van der Waals surface area contributed by atoms with Crippen LogP contribution >= 0.6 is 0 Å². The van der Waals surface area contributed by atoms with Gasteiger partial charge in [-0.1, -0.05) is 43.3 Å². The number of aromatic nitrogens is 2. The number of piperazine rings is 1. The molecule has 13 heteroatoms. The van der Waals surface area contributed by atoms with Crippen molar-refractivity contribution < 1.29 is 23.9 Å². The van der Waals surface area contributed by atoms with Crippen LogP contribution in [0.3, 0.4) is 0 Å². The molecule has 0 radical (unpaired) electrons. The number of nitrogens with zero attached hydrogens (tertiary/aromatic N) is 4. The molecule has 2 saturated heterocycles. The average Bonchev–Trinajstić information content (AvgIpc) is 3.10. The number of pyridine rings is 2. The standard InChI is InChI=1S/C38H46N8O5/c1-25-18-28(41-37(49)51-38(2,3)4)23-46(22-25)33-12-13-40-21-32(33)43-35(47)34-31(44-36(48)50-24-26-8-6-5-7-9-26)19-27-10-11-29(20-30(27)42-34)45-16-14-39-15-17-45/h5-13,19-21,25,28,39H,14-18,22-24H2,1-4H3,(H,41,49)(H,43,47)(H,44,48)/t25-,28+/m1/s1. The Labute approximate surface area is 298 Å². The first kappa shape index (κ1) is 35.4. The molecule has 0 bridgehead atoms. The van der Waals surface area contributed by atoms with Gasteiger partial charge in [0.25, 0.3) is 5.91 Å². The van der Waals surface area contributed by atoms with E-state index >= 15 is 0 Å². The van der Waals surface area contributed by atoms with Crippen LogP contribution in [0.15, 0.2) is 73.1 Å². The van der Waals surface area contributed by atoms with E-state index in [2.05, 4.69) is 43.0 Å². The lowest BCUT2D eigenvalue weighted by molar-refractivity contribution is 0.0495. The molecule has 2 aromatic heterocycles. The van der Waals surface area contributed by atoms with Crippen LogP contribution < -0.4 is 31.1 Å². The molecular weight excluding hydrogens is 648 g/mol. The zero-order chi connectivity index (χ0) is 36.0. The SMILES string of the molecule is C[C@@H]1C[C@H](NC(=O)OC(C)(C)C)CN(c2ccncc2NC(=O)c2nc3cc(N4CCNCC4)ccc3cc2NC(=O)OCc2ccccc2)C1. The van der Waals surface area contributed by atoms with E-state index in [1.165, 1.54) is 0 Å². The van der Waals surface area contributed by atoms with Crippen molar-refractivity contribution in [3.8, 4) is 0 Å². The quantitative estimate of drug-likeness (QED) is 0.179. The molecule has 2 aliphatic rings. The third kappa shape index (κ3) is 9.43. The van der Waals surface area contributed by atoms with Gasteiger partial charge >= 0.3 is 12.2 Å². The van der Waals surface area contributed by atoms with Gasteiger partial charge < -0.3 is 35.2 Å². The van der Waals surface area contributed by atoms with E-state index in [1.54, 1.807) is 18.5 Å². The van der Waals surface area contributed by atoms with E-state index in [0.29, 0.717) is 24.3 Å². The first-order valence-electron chi connectivity index (χ1n) is 17.4. The number of carbonyl (C=O) groups excluding carboxylic acids is 3. The highest BCUT2D eigenvalue weighted by Crippen LogP contribution is 2.31. The van der Waals surface area contributed by atoms with Gasteiger partial charge in [0.1, 0.15) is 12.2 Å². The van der Waals surface area contributed by atoms with Gasteiger partial charge in [0.2, 0.25) is 0 Å². The molecule has 2 aromatic carbocycles. The minimum atomic E-state index is -0.709. The molecular formula is C38H46N8O5. The molecule has 2 fully saturated rings. The van der Waals surface area contributed by atoms with Crippen LogP contribution in [0.25, 0.3) is 10.9 Å². The molecule has 2 aliphatic heterocycles. The van der Waals surface area contributed by atoms with Crippen molar-refractivity contribution in [1.29, 1.82) is 0 Å². The van der Waals surface area contributed by atoms with E-state index in [9.17, 15) is 14.4 Å². The monoisotopic (exact) mass is 694 g/mol. The Kier molecular flexibility index (Phi) is 10.8. The van der Waals surface area contributed by atoms with Gasteiger partial charge in [-0.15, -0.1) is 0 Å². The van der Waals surface area contributed by atoms with Crippen LogP contribution in [0.4, 0.5) is 32.3 Å². The Balaban J connectivity index is 1.26. The van der Waals surface area contributed by atoms with Gasteiger partial charge in [-0.2, -0.15) is 0 Å². The summed E-state index contributed by atoms with van der Waals surface area (Å²) in [6.07, 6.45) is 2.87. The molecule has 6 rings (SSSR count). The number of ether oxygens (including phenoxy) is 2. The highest BCUT2D eigenvalue weighted by Gasteiger charge is 2.30. The number of benzene rings is 2. The number of piperidine rings is 1. The number of alkyl carbamates (subject to hydrolysis) is 1. The fourth-order valence-electron chi connectivity index (χ4n) is 6.48. The lowest BCUT2D eigenvalue weighted by atomic mass is 9.95. The molecule has 0 spiro atoms. The molecule has 3 amide bonds. The summed E-state index contributed by atoms with van der Waals surface area (Å²) >= 11 is 0. The Morgan fingerprint density at radius 3 is 2.47 bits per heavy atom. The Bertz CT molecular complexity index is 1860. The van der Waals surface area contributed by atoms with E-state index in [0.717, 1.165) is 54.9 Å². The Hall–Kier alpha value is -5.43. The van der Waals surface area contributed by atoms with Crippen molar-refractivity contribution in [2.45, 2.75) is 52.4 Å². The normalized spacial score (nSPS) is 17.8. The first-order valence-corrected chi connectivity index (χ1v) is 17.4. The summed E-state index contributed by atoms with van der Waals surface area (Å²) in [5, 5.41) is 12.9. The van der Waals surface area contributed by atoms with Crippen LogP contribution in [0, 0.1) is 5.92 Å². The Morgan fingerprint density at radius 2 is 1.71 bits per heavy atom. The third-order valence-electron chi connectivity index (χ3n) is 8.72. The molecule has 2 atom stereocenters. The van der Waals surface area contributed by atoms with Crippen molar-refractivity contribution in [3.63, 3.8) is 0 Å². The van der Waals surface area contributed by atoms with Crippen LogP contribution in [0.5, 0.6) is 0 Å². The fourth-order valence-corrected chi connectivity index (χ4v) is 6.48. The highest BCUT2D eigenvalue weighted by atomic mass is 16.6. The average molecular weight is 695 g/mol. The van der Waals surface area contributed by atoms with Crippen molar-refractivity contribution >= 4 is 51.7 Å². The number of carbonyl (C=O) groups is 3. The second kappa shape index (κ2) is 15.6. The van der Waals surface area contributed by atoms with Crippen molar-refractivity contribution in [3.05, 3.63) is 84.3 Å². The van der Waals surface area contributed by atoms with Gasteiger partial charge in [-0.05, 0) is 62.9 Å². The number of hydrogen-bond donors (Lipinski definition) is 4. The number of hydrogen-bond acceptors (Lipinski definition) is 10. The van der Waals surface area contributed by atoms with Crippen LogP contribution in [0.2, 0.25) is 0 Å². The fraction of sp³-hybridized carbons (Fsp3) is 0.395. The number of fused-ring (bicyclic) bond motifs is 1. The molecule has 51 heavy (non-hydrogen) atoms. The summed E-state index contributed by atoms with van der Waals surface area (Å²) in [7, 11) is 0. The molecule has 0 aliphatic carbocycles. The summed E-state index contributed by atoms with van der Waals surface area (Å²) < 4.78 is 11.0. The van der Waals surface area contributed by atoms with Crippen molar-refractivity contribution in [2.75, 3.05) is 59.7 Å². The molecule has 268 valence electrons. The van der Waals surface area contributed by atoms with E-state index < -0.39 is 23.7 Å². The highest BCUT2D eigenvalue weighted by molar-refractivity contribution is 6.11. The van der Waals surface area contributed by atoms with Crippen LogP contribution in [-0.2, 0) is 16.1 Å². The summed E-state index contributed by atoms with van der Waals surface area (Å²) in [5.74, 6) is -0.272. The molecule has 4 N–H and O–H groups in total. The maximum absolute atomic E-state index is 14.2. The zero-order valence-electron chi connectivity index (χ0n) is 29.6. The van der Waals surface area contributed by atoms with Crippen LogP contribution in [0.1, 0.15) is 50.2 Å². The minimum absolute atomic E-state index is 0.0305. The molecule has 4 heterocycles. The summed E-state index contributed by atoms with van der Waals surface area (Å²) in [4.78, 5) is 53.3. The van der Waals surface area contributed by atoms with Crippen molar-refractivity contribution in [1.82, 2.24) is 20.6 Å². The Morgan fingerprint density at radius 1 is 0.922 bits per heavy atom. The summed E-state index contributed by atoms with van der Waals surface area (Å²) in [6, 6.07) is 18.7. The van der Waals surface area contributed by atoms with Gasteiger partial charge in [0, 0.05) is 62.6 Å². The van der Waals surface area contributed by atoms with Gasteiger partial charge in [-0.25, -0.2) is 14.6 Å². The summed E-state index contributed by atoms with van der Waals surface area (Å²) in [6.45, 7) is 12.4. The smallest absolute Gasteiger partial charge is 0.412 e. The second-order valence-electron chi connectivity index (χ2n) is 14.1. The van der Waals surface area contributed by atoms with Crippen molar-refractivity contribution in [2.24, 2.45) is 5.92 Å². The number of amides is 3. The van der Waals surface area contributed by atoms with Gasteiger partial charge in [0.15, 0.2) is 5.69 Å². The van der Waals surface area contributed by atoms with E-state index in [4.69, 9.17) is 14.5 Å². The van der Waals surface area contributed by atoms with E-state index in [1.807, 2.05) is 75.4 Å². The number of nitrogens with one attached hydrogen (secondary N) is 4. The zero-order valence-corrected chi connectivity index (χ0v) is 29.6.